The van der Waals surface area contributed by atoms with Crippen LogP contribution in [0.5, 0.6) is 0 Å². The molecule has 0 fully saturated rings. The van der Waals surface area contributed by atoms with Crippen LogP contribution in [0.3, 0.4) is 0 Å². The molecular weight excluding hydrogens is 314 g/mol. The Morgan fingerprint density at radius 3 is 1.79 bits per heavy atom. The quantitative estimate of drug-likeness (QED) is 0.599. The molecule has 130 valence electrons. The highest BCUT2D eigenvalue weighted by Gasteiger charge is 2.50. The van der Waals surface area contributed by atoms with E-state index in [4.69, 9.17) is 9.53 Å². The van der Waals surface area contributed by atoms with Crippen molar-refractivity contribution in [3.8, 4) is 0 Å². The molecule has 2 rings (SSSR count). The lowest BCUT2D eigenvalue weighted by molar-refractivity contribution is 0.201. The first kappa shape index (κ1) is 18.9. The van der Waals surface area contributed by atoms with E-state index >= 15 is 0 Å². The van der Waals surface area contributed by atoms with E-state index in [9.17, 15) is 0 Å². The smallest absolute Gasteiger partial charge is 0.261 e. The van der Waals surface area contributed by atoms with Gasteiger partial charge in [0.2, 0.25) is 0 Å². The van der Waals surface area contributed by atoms with Crippen LogP contribution in [-0.2, 0) is 4.43 Å². The molecule has 0 spiro atoms. The number of rotatable bonds is 7. The summed E-state index contributed by atoms with van der Waals surface area (Å²) in [6.07, 6.45) is 0. The Morgan fingerprint density at radius 2 is 1.42 bits per heavy atom. The van der Waals surface area contributed by atoms with Crippen molar-refractivity contribution in [1.82, 2.24) is 5.32 Å². The van der Waals surface area contributed by atoms with Crippen LogP contribution in [-0.4, -0.2) is 32.8 Å². The minimum atomic E-state index is -2.46. The fourth-order valence-electron chi connectivity index (χ4n) is 3.23. The third-order valence-corrected chi connectivity index (χ3v) is 9.41. The normalized spacial score (nSPS) is 13.7. The van der Waals surface area contributed by atoms with Gasteiger partial charge in [0.15, 0.2) is 0 Å². The van der Waals surface area contributed by atoms with Crippen LogP contribution in [0.4, 0.5) is 0 Å². The van der Waals surface area contributed by atoms with Crippen LogP contribution < -0.4 is 15.7 Å². The minimum absolute atomic E-state index is 0.0192. The van der Waals surface area contributed by atoms with Gasteiger partial charge in [-0.25, -0.2) is 0 Å². The molecule has 0 bridgehead atoms. The van der Waals surface area contributed by atoms with E-state index in [0.29, 0.717) is 6.61 Å². The molecule has 4 heteroatoms. The van der Waals surface area contributed by atoms with E-state index < -0.39 is 8.32 Å². The Balaban J connectivity index is 2.53. The van der Waals surface area contributed by atoms with Crippen molar-refractivity contribution in [2.75, 3.05) is 13.3 Å². The van der Waals surface area contributed by atoms with E-state index in [1.165, 1.54) is 10.4 Å². The Morgan fingerprint density at radius 1 is 0.958 bits per heavy atom. The summed E-state index contributed by atoms with van der Waals surface area (Å²) in [6.45, 7) is 9.36. The monoisotopic (exact) mass is 343 g/mol. The van der Waals surface area contributed by atoms with E-state index in [2.05, 4.69) is 74.6 Å². The van der Waals surface area contributed by atoms with Gasteiger partial charge in [0.05, 0.1) is 6.73 Å². The maximum Gasteiger partial charge on any atom is 0.261 e. The van der Waals surface area contributed by atoms with Gasteiger partial charge >= 0.3 is 0 Å². The lowest BCUT2D eigenvalue weighted by atomic mass is 10.2. The molecule has 24 heavy (non-hydrogen) atoms. The summed E-state index contributed by atoms with van der Waals surface area (Å²) in [7, 11) is -2.46. The van der Waals surface area contributed by atoms with Gasteiger partial charge in [-0.1, -0.05) is 81.4 Å². The Bertz CT molecular complexity index is 571. The number of aliphatic hydroxyl groups excluding tert-OH is 1. The summed E-state index contributed by atoms with van der Waals surface area (Å²) in [5, 5.41) is 14.7. The summed E-state index contributed by atoms with van der Waals surface area (Å²) < 4.78 is 6.75. The molecule has 0 unspecified atom stereocenters. The highest BCUT2D eigenvalue weighted by molar-refractivity contribution is 6.99. The van der Waals surface area contributed by atoms with Gasteiger partial charge in [0, 0.05) is 12.6 Å². The molecule has 2 N–H and O–H groups in total. The van der Waals surface area contributed by atoms with E-state index in [0.717, 1.165) is 0 Å². The highest BCUT2D eigenvalue weighted by Crippen LogP contribution is 2.36. The third-order valence-electron chi connectivity index (χ3n) is 4.41. The maximum atomic E-state index is 9.10. The van der Waals surface area contributed by atoms with Crippen molar-refractivity contribution >= 4 is 18.7 Å². The first-order valence-corrected chi connectivity index (χ1v) is 10.4. The number of nitrogens with one attached hydrogen (secondary N) is 1. The number of benzene rings is 2. The zero-order valence-corrected chi connectivity index (χ0v) is 16.1. The number of hydrogen-bond acceptors (Lipinski definition) is 3. The predicted molar refractivity (Wildman–Crippen MR) is 103 cm³/mol. The van der Waals surface area contributed by atoms with E-state index in [1.54, 1.807) is 0 Å². The first-order valence-electron chi connectivity index (χ1n) is 8.51. The lowest BCUT2D eigenvalue weighted by Crippen LogP contribution is -2.67. The van der Waals surface area contributed by atoms with E-state index in [-0.39, 0.29) is 17.8 Å². The summed E-state index contributed by atoms with van der Waals surface area (Å²) in [5.41, 5.74) is 0. The highest BCUT2D eigenvalue weighted by atomic mass is 28.4. The van der Waals surface area contributed by atoms with Gasteiger partial charge < -0.3 is 9.53 Å². The molecular formula is C20H29NO2Si. The Kier molecular flexibility index (Phi) is 6.35. The molecule has 0 aliphatic rings. The Hall–Kier alpha value is -1.46. The molecule has 0 saturated carbocycles. The third kappa shape index (κ3) is 3.95. The summed E-state index contributed by atoms with van der Waals surface area (Å²) in [4.78, 5) is 0. The molecule has 0 radical (unpaired) electrons. The second-order valence-electron chi connectivity index (χ2n) is 7.24. The maximum absolute atomic E-state index is 9.10. The fourth-order valence-corrected chi connectivity index (χ4v) is 7.88. The molecule has 0 aromatic heterocycles. The lowest BCUT2D eigenvalue weighted by Gasteiger charge is -2.43. The van der Waals surface area contributed by atoms with Gasteiger partial charge in [0.25, 0.3) is 8.32 Å². The van der Waals surface area contributed by atoms with Crippen LogP contribution in [0.2, 0.25) is 5.04 Å². The van der Waals surface area contributed by atoms with Crippen molar-refractivity contribution in [3.05, 3.63) is 60.7 Å². The molecule has 3 nitrogen and oxygen atoms in total. The zero-order chi connectivity index (χ0) is 17.6. The second-order valence-corrected chi connectivity index (χ2v) is 11.5. The van der Waals surface area contributed by atoms with Crippen molar-refractivity contribution in [2.45, 2.75) is 38.8 Å². The molecule has 2 aromatic rings. The van der Waals surface area contributed by atoms with Crippen LogP contribution in [0.1, 0.15) is 27.7 Å². The van der Waals surface area contributed by atoms with Gasteiger partial charge in [0.1, 0.15) is 0 Å². The molecule has 2 aromatic carbocycles. The first-order chi connectivity index (χ1) is 11.4. The average molecular weight is 344 g/mol. The summed E-state index contributed by atoms with van der Waals surface area (Å²) >= 11 is 0. The van der Waals surface area contributed by atoms with Crippen molar-refractivity contribution < 1.29 is 9.53 Å². The molecule has 0 aliphatic heterocycles. The van der Waals surface area contributed by atoms with Crippen molar-refractivity contribution in [2.24, 2.45) is 0 Å². The fraction of sp³-hybridized carbons (Fsp3) is 0.400. The standard InChI is InChI=1S/C20H29NO2Si/c1-17(21-16-22)15-23-24(20(2,3)4,18-11-7-5-8-12-18)19-13-9-6-10-14-19/h5-14,17,21-22H,15-16H2,1-4H3/t17-/m1/s1. The van der Waals surface area contributed by atoms with Crippen molar-refractivity contribution in [3.63, 3.8) is 0 Å². The van der Waals surface area contributed by atoms with Crippen LogP contribution in [0, 0.1) is 0 Å². The molecule has 1 atom stereocenters. The second kappa shape index (κ2) is 8.08. The summed E-state index contributed by atoms with van der Waals surface area (Å²) in [6, 6.07) is 21.3. The van der Waals surface area contributed by atoms with Gasteiger partial charge in [-0.05, 0) is 22.3 Å². The molecule has 0 aliphatic carbocycles. The SMILES string of the molecule is C[C@H](CO[Si](c1ccccc1)(c1ccccc1)C(C)(C)C)NCO. The van der Waals surface area contributed by atoms with E-state index in [1.807, 2.05) is 19.1 Å². The van der Waals surface area contributed by atoms with Crippen LogP contribution in [0.25, 0.3) is 0 Å². The van der Waals surface area contributed by atoms with Crippen LogP contribution in [0.15, 0.2) is 60.7 Å². The average Bonchev–Trinajstić information content (AvgIpc) is 2.56. The predicted octanol–water partition coefficient (Wildman–Crippen LogP) is 2.49. The molecule has 0 amide bonds. The van der Waals surface area contributed by atoms with Gasteiger partial charge in [-0.15, -0.1) is 0 Å². The zero-order valence-electron chi connectivity index (χ0n) is 15.1. The summed E-state index contributed by atoms with van der Waals surface area (Å²) in [5.74, 6) is 0. The minimum Gasteiger partial charge on any atom is -0.406 e. The van der Waals surface area contributed by atoms with Crippen molar-refractivity contribution in [1.29, 1.82) is 0 Å². The largest absolute Gasteiger partial charge is 0.406 e. The van der Waals surface area contributed by atoms with Crippen LogP contribution >= 0.6 is 0 Å². The van der Waals surface area contributed by atoms with Gasteiger partial charge in [-0.2, -0.15) is 0 Å². The Labute approximate surface area is 146 Å². The molecule has 0 saturated heterocycles. The van der Waals surface area contributed by atoms with Gasteiger partial charge in [-0.3, -0.25) is 5.32 Å². The number of hydrogen-bond donors (Lipinski definition) is 2. The number of aliphatic hydroxyl groups is 1. The topological polar surface area (TPSA) is 41.5 Å². The molecule has 0 heterocycles.